The molecule has 30 heavy (non-hydrogen) atoms. The molecule has 1 atom stereocenters. The van der Waals surface area contributed by atoms with Crippen LogP contribution in [-0.4, -0.2) is 21.6 Å². The molecule has 8 heteroatoms. The minimum absolute atomic E-state index is 0.205. The predicted molar refractivity (Wildman–Crippen MR) is 121 cm³/mol. The van der Waals surface area contributed by atoms with Gasteiger partial charge >= 0.3 is 0 Å². The van der Waals surface area contributed by atoms with E-state index >= 15 is 0 Å². The lowest BCUT2D eigenvalue weighted by atomic mass is 10.2. The first-order valence-electron chi connectivity index (χ1n) is 9.48. The van der Waals surface area contributed by atoms with Gasteiger partial charge in [0.1, 0.15) is 6.04 Å². The van der Waals surface area contributed by atoms with Crippen LogP contribution in [0.5, 0.6) is 0 Å². The number of hydrogen-bond donors (Lipinski definition) is 2. The number of carbonyl (C=O) groups excluding carboxylic acids is 2. The van der Waals surface area contributed by atoms with Gasteiger partial charge in [0.25, 0.3) is 5.91 Å². The first kappa shape index (κ1) is 21.9. The number of aromatic nitrogens is 2. The van der Waals surface area contributed by atoms with E-state index in [9.17, 15) is 9.59 Å². The highest BCUT2D eigenvalue weighted by Crippen LogP contribution is 2.23. The Kier molecular flexibility index (Phi) is 6.80. The lowest BCUT2D eigenvalue weighted by Gasteiger charge is -2.16. The molecule has 0 aliphatic carbocycles. The largest absolute Gasteiger partial charge is 0.324 e. The van der Waals surface area contributed by atoms with Crippen LogP contribution in [0.2, 0.25) is 10.0 Å². The Hall–Kier alpha value is -2.83. The van der Waals surface area contributed by atoms with E-state index in [0.717, 1.165) is 11.1 Å². The third kappa shape index (κ3) is 5.01. The SMILES string of the molecule is CC[C@H](C(=O)Nc1ccc(C)c(Cl)c1)n1ccc(C(=O)Nc2ccc(C)c(Cl)c2)n1. The van der Waals surface area contributed by atoms with Crippen LogP contribution < -0.4 is 10.6 Å². The van der Waals surface area contributed by atoms with E-state index in [4.69, 9.17) is 23.2 Å². The maximum atomic E-state index is 12.7. The molecule has 0 saturated heterocycles. The van der Waals surface area contributed by atoms with E-state index in [1.807, 2.05) is 32.9 Å². The predicted octanol–water partition coefficient (Wildman–Crippen LogP) is 5.65. The topological polar surface area (TPSA) is 76.0 Å². The Balaban J connectivity index is 1.71. The molecule has 2 N–H and O–H groups in total. The summed E-state index contributed by atoms with van der Waals surface area (Å²) in [6.45, 7) is 5.65. The quantitative estimate of drug-likeness (QED) is 0.515. The number of rotatable bonds is 6. The summed E-state index contributed by atoms with van der Waals surface area (Å²) in [4.78, 5) is 25.3. The number of aryl methyl sites for hydroxylation is 2. The van der Waals surface area contributed by atoms with Crippen LogP contribution in [-0.2, 0) is 4.79 Å². The molecule has 0 saturated carbocycles. The van der Waals surface area contributed by atoms with Gasteiger partial charge in [0, 0.05) is 27.6 Å². The second-order valence-electron chi connectivity index (χ2n) is 6.98. The van der Waals surface area contributed by atoms with Gasteiger partial charge in [-0.25, -0.2) is 0 Å². The van der Waals surface area contributed by atoms with Crippen molar-refractivity contribution < 1.29 is 9.59 Å². The summed E-state index contributed by atoms with van der Waals surface area (Å²) >= 11 is 12.2. The molecule has 2 aromatic carbocycles. The first-order chi connectivity index (χ1) is 14.3. The highest BCUT2D eigenvalue weighted by atomic mass is 35.5. The van der Waals surface area contributed by atoms with E-state index in [-0.39, 0.29) is 17.5 Å². The summed E-state index contributed by atoms with van der Waals surface area (Å²) in [6.07, 6.45) is 2.12. The molecule has 0 bridgehead atoms. The molecule has 0 unspecified atom stereocenters. The Morgan fingerprint density at radius 1 is 0.967 bits per heavy atom. The molecule has 0 aliphatic rings. The van der Waals surface area contributed by atoms with Gasteiger partial charge in [-0.1, -0.05) is 42.3 Å². The molecule has 0 fully saturated rings. The Labute approximate surface area is 185 Å². The highest BCUT2D eigenvalue weighted by molar-refractivity contribution is 6.32. The number of nitrogens with zero attached hydrogens (tertiary/aromatic N) is 2. The number of benzene rings is 2. The van der Waals surface area contributed by atoms with Crippen molar-refractivity contribution in [3.63, 3.8) is 0 Å². The van der Waals surface area contributed by atoms with Crippen molar-refractivity contribution in [2.45, 2.75) is 33.2 Å². The van der Waals surface area contributed by atoms with E-state index in [2.05, 4.69) is 15.7 Å². The lowest BCUT2D eigenvalue weighted by Crippen LogP contribution is -2.26. The Bertz CT molecular complexity index is 1090. The zero-order valence-corrected chi connectivity index (χ0v) is 18.4. The van der Waals surface area contributed by atoms with E-state index < -0.39 is 6.04 Å². The number of carbonyl (C=O) groups is 2. The molecule has 3 aromatic rings. The fraction of sp³-hybridized carbons (Fsp3) is 0.227. The highest BCUT2D eigenvalue weighted by Gasteiger charge is 2.21. The fourth-order valence-corrected chi connectivity index (χ4v) is 3.25. The van der Waals surface area contributed by atoms with Crippen molar-refractivity contribution >= 4 is 46.4 Å². The van der Waals surface area contributed by atoms with Crippen molar-refractivity contribution in [1.29, 1.82) is 0 Å². The van der Waals surface area contributed by atoms with Crippen molar-refractivity contribution in [3.05, 3.63) is 75.5 Å². The van der Waals surface area contributed by atoms with Crippen LogP contribution in [0.3, 0.4) is 0 Å². The first-order valence-corrected chi connectivity index (χ1v) is 10.2. The van der Waals surface area contributed by atoms with Crippen molar-refractivity contribution in [1.82, 2.24) is 9.78 Å². The molecular weight excluding hydrogens is 423 g/mol. The van der Waals surface area contributed by atoms with Gasteiger partial charge in [-0.2, -0.15) is 5.10 Å². The molecule has 0 aliphatic heterocycles. The summed E-state index contributed by atoms with van der Waals surface area (Å²) in [5.74, 6) is -0.618. The smallest absolute Gasteiger partial charge is 0.276 e. The molecule has 0 spiro atoms. The number of nitrogens with one attached hydrogen (secondary N) is 2. The third-order valence-corrected chi connectivity index (χ3v) is 5.53. The van der Waals surface area contributed by atoms with Crippen LogP contribution in [0.1, 0.15) is 41.0 Å². The number of amides is 2. The molecule has 156 valence electrons. The van der Waals surface area contributed by atoms with E-state index in [0.29, 0.717) is 27.8 Å². The Morgan fingerprint density at radius 3 is 2.07 bits per heavy atom. The molecular formula is C22H22Cl2N4O2. The van der Waals surface area contributed by atoms with Crippen LogP contribution in [0, 0.1) is 13.8 Å². The summed E-state index contributed by atoms with van der Waals surface area (Å²) in [5.41, 5.74) is 3.24. The van der Waals surface area contributed by atoms with Gasteiger partial charge in [0.15, 0.2) is 5.69 Å². The Morgan fingerprint density at radius 2 is 1.53 bits per heavy atom. The minimum Gasteiger partial charge on any atom is -0.324 e. The van der Waals surface area contributed by atoms with Gasteiger partial charge in [-0.3, -0.25) is 14.3 Å². The maximum Gasteiger partial charge on any atom is 0.276 e. The normalized spacial score (nSPS) is 11.8. The molecule has 0 radical (unpaired) electrons. The molecule has 1 heterocycles. The monoisotopic (exact) mass is 444 g/mol. The number of anilines is 2. The zero-order chi connectivity index (χ0) is 21.8. The van der Waals surface area contributed by atoms with Gasteiger partial charge in [0.2, 0.25) is 5.91 Å². The van der Waals surface area contributed by atoms with Gasteiger partial charge in [-0.05, 0) is 61.7 Å². The van der Waals surface area contributed by atoms with Crippen LogP contribution in [0.15, 0.2) is 48.7 Å². The van der Waals surface area contributed by atoms with E-state index in [1.54, 1.807) is 36.5 Å². The lowest BCUT2D eigenvalue weighted by molar-refractivity contribution is -0.119. The molecule has 1 aromatic heterocycles. The van der Waals surface area contributed by atoms with Gasteiger partial charge < -0.3 is 10.6 Å². The molecule has 3 rings (SSSR count). The summed E-state index contributed by atoms with van der Waals surface area (Å²) in [6, 6.07) is 11.6. The zero-order valence-electron chi connectivity index (χ0n) is 16.9. The maximum absolute atomic E-state index is 12.7. The summed E-state index contributed by atoms with van der Waals surface area (Å²) in [5, 5.41) is 11.1. The summed E-state index contributed by atoms with van der Waals surface area (Å²) in [7, 11) is 0. The van der Waals surface area contributed by atoms with Gasteiger partial charge in [-0.15, -0.1) is 0 Å². The van der Waals surface area contributed by atoms with Crippen LogP contribution in [0.25, 0.3) is 0 Å². The average Bonchev–Trinajstić information content (AvgIpc) is 3.18. The van der Waals surface area contributed by atoms with Crippen molar-refractivity contribution in [2.24, 2.45) is 0 Å². The second-order valence-corrected chi connectivity index (χ2v) is 7.79. The van der Waals surface area contributed by atoms with Crippen molar-refractivity contribution in [3.8, 4) is 0 Å². The van der Waals surface area contributed by atoms with Crippen LogP contribution in [0.4, 0.5) is 11.4 Å². The standard InChI is InChI=1S/C22H22Cl2N4O2/c1-4-20(22(30)26-16-8-6-14(3)18(24)12-16)28-10-9-19(27-28)21(29)25-15-7-5-13(2)17(23)11-15/h5-12,20H,4H2,1-3H3,(H,25,29)(H,26,30)/t20-/m1/s1. The summed E-state index contributed by atoms with van der Waals surface area (Å²) < 4.78 is 1.49. The molecule has 6 nitrogen and oxygen atoms in total. The van der Waals surface area contributed by atoms with Crippen molar-refractivity contribution in [2.75, 3.05) is 10.6 Å². The van der Waals surface area contributed by atoms with E-state index in [1.165, 1.54) is 4.68 Å². The minimum atomic E-state index is -0.569. The fourth-order valence-electron chi connectivity index (χ4n) is 2.89. The average molecular weight is 445 g/mol. The number of hydrogen-bond acceptors (Lipinski definition) is 3. The second kappa shape index (κ2) is 9.32. The molecule has 2 amide bonds. The number of halogens is 2. The third-order valence-electron chi connectivity index (χ3n) is 4.72. The van der Waals surface area contributed by atoms with Gasteiger partial charge in [0.05, 0.1) is 0 Å². The van der Waals surface area contributed by atoms with Crippen LogP contribution >= 0.6 is 23.2 Å².